The Balaban J connectivity index is 2.33. The largest absolute Gasteiger partial charge is 0.597 e. The molecule has 1 aliphatic rings. The number of ether oxygens (including phenoxy) is 1. The molecule has 1 aromatic carbocycles. The van der Waals surface area contributed by atoms with Crippen LogP contribution in [0.15, 0.2) is 28.7 Å². The minimum absolute atomic E-state index is 0.274. The Morgan fingerprint density at radius 3 is 2.42 bits per heavy atom. The molecule has 5 heteroatoms. The van der Waals surface area contributed by atoms with E-state index in [1.807, 2.05) is 44.3 Å². The third-order valence-electron chi connectivity index (χ3n) is 3.42. The van der Waals surface area contributed by atoms with E-state index < -0.39 is 11.4 Å². The highest BCUT2D eigenvalue weighted by Crippen LogP contribution is 2.40. The van der Waals surface area contributed by atoms with Gasteiger partial charge in [-0.25, -0.2) is 0 Å². The van der Waals surface area contributed by atoms with E-state index in [2.05, 4.69) is 28.1 Å². The van der Waals surface area contributed by atoms with Crippen molar-refractivity contribution in [3.63, 3.8) is 0 Å². The molecule has 0 aliphatic carbocycles. The van der Waals surface area contributed by atoms with Gasteiger partial charge in [-0.15, -0.1) is 4.31 Å². The van der Waals surface area contributed by atoms with E-state index in [9.17, 15) is 4.55 Å². The quantitative estimate of drug-likeness (QED) is 0.789. The lowest BCUT2D eigenvalue weighted by Gasteiger charge is -2.48. The second-order valence-corrected chi connectivity index (χ2v) is 9.08. The van der Waals surface area contributed by atoms with E-state index in [-0.39, 0.29) is 10.3 Å². The number of nitrogens with zero attached hydrogens (tertiary/aromatic N) is 1. The molecular weight excluding hydrogens is 326 g/mol. The van der Waals surface area contributed by atoms with Gasteiger partial charge in [0, 0.05) is 22.9 Å². The van der Waals surface area contributed by atoms with Crippen molar-refractivity contribution < 1.29 is 9.29 Å². The van der Waals surface area contributed by atoms with Gasteiger partial charge in [0.05, 0.1) is 13.2 Å². The molecule has 0 radical (unpaired) electrons. The molecule has 19 heavy (non-hydrogen) atoms. The van der Waals surface area contributed by atoms with Crippen LogP contribution in [-0.4, -0.2) is 33.9 Å². The SMILES string of the molecule is CN([S+]([O-])C(C)(C)C)C1(c2cccc(Br)c2)COC1. The first-order valence-electron chi connectivity index (χ1n) is 6.27. The third kappa shape index (κ3) is 2.85. The summed E-state index contributed by atoms with van der Waals surface area (Å²) in [6, 6.07) is 8.16. The van der Waals surface area contributed by atoms with Gasteiger partial charge in [-0.05, 0) is 38.5 Å². The van der Waals surface area contributed by atoms with Crippen molar-refractivity contribution >= 4 is 27.3 Å². The highest BCUT2D eigenvalue weighted by atomic mass is 79.9. The van der Waals surface area contributed by atoms with Crippen molar-refractivity contribution in [2.24, 2.45) is 0 Å². The van der Waals surface area contributed by atoms with Crippen molar-refractivity contribution in [2.75, 3.05) is 20.3 Å². The standard InChI is InChI=1S/C14H20BrNO2S/c1-13(2,3)19(17)16(4)14(9-18-10-14)11-6-5-7-12(15)8-11/h5-8H,9-10H2,1-4H3. The fourth-order valence-electron chi connectivity index (χ4n) is 2.17. The van der Waals surface area contributed by atoms with Crippen LogP contribution in [0.4, 0.5) is 0 Å². The van der Waals surface area contributed by atoms with E-state index >= 15 is 0 Å². The van der Waals surface area contributed by atoms with E-state index in [0.717, 1.165) is 10.0 Å². The molecule has 0 bridgehead atoms. The lowest BCUT2D eigenvalue weighted by Crippen LogP contribution is -2.62. The number of halogens is 1. The summed E-state index contributed by atoms with van der Waals surface area (Å²) >= 11 is 2.43. The van der Waals surface area contributed by atoms with Crippen LogP contribution >= 0.6 is 15.9 Å². The van der Waals surface area contributed by atoms with E-state index in [0.29, 0.717) is 13.2 Å². The van der Waals surface area contributed by atoms with E-state index in [4.69, 9.17) is 4.74 Å². The van der Waals surface area contributed by atoms with Crippen LogP contribution < -0.4 is 0 Å². The van der Waals surface area contributed by atoms with Gasteiger partial charge in [-0.3, -0.25) is 0 Å². The first kappa shape index (κ1) is 15.3. The molecule has 1 saturated heterocycles. The maximum Gasteiger partial charge on any atom is 0.137 e. The Hall–Kier alpha value is -0.0700. The van der Waals surface area contributed by atoms with Crippen LogP contribution in [0.1, 0.15) is 26.3 Å². The summed E-state index contributed by atoms with van der Waals surface area (Å²) in [5, 5.41) is 0. The Morgan fingerprint density at radius 1 is 1.37 bits per heavy atom. The molecule has 1 unspecified atom stereocenters. The lowest BCUT2D eigenvalue weighted by atomic mass is 9.88. The van der Waals surface area contributed by atoms with Crippen LogP contribution in [0.25, 0.3) is 0 Å². The number of hydrogen-bond donors (Lipinski definition) is 0. The minimum atomic E-state index is -1.07. The first-order chi connectivity index (χ1) is 8.77. The summed E-state index contributed by atoms with van der Waals surface area (Å²) in [4.78, 5) is 0. The highest BCUT2D eigenvalue weighted by Gasteiger charge is 2.51. The van der Waals surface area contributed by atoms with Gasteiger partial charge in [0.15, 0.2) is 0 Å². The maximum atomic E-state index is 12.6. The predicted octanol–water partition coefficient (Wildman–Crippen LogP) is 3.07. The van der Waals surface area contributed by atoms with Crippen LogP contribution in [0.3, 0.4) is 0 Å². The molecule has 0 spiro atoms. The molecular formula is C14H20BrNO2S. The number of benzene rings is 1. The zero-order valence-electron chi connectivity index (χ0n) is 11.8. The van der Waals surface area contributed by atoms with Gasteiger partial charge in [-0.1, -0.05) is 28.1 Å². The Kier molecular flexibility index (Phi) is 4.33. The smallest absolute Gasteiger partial charge is 0.137 e. The summed E-state index contributed by atoms with van der Waals surface area (Å²) in [6.07, 6.45) is 0. The van der Waals surface area contributed by atoms with Gasteiger partial charge < -0.3 is 9.29 Å². The fourth-order valence-corrected chi connectivity index (χ4v) is 3.92. The molecule has 0 N–H and O–H groups in total. The third-order valence-corrected chi connectivity index (χ3v) is 5.81. The molecule has 1 aromatic rings. The van der Waals surface area contributed by atoms with Crippen LogP contribution in [-0.2, 0) is 21.6 Å². The zero-order chi connectivity index (χ0) is 14.3. The van der Waals surface area contributed by atoms with Gasteiger partial charge in [0.25, 0.3) is 0 Å². The van der Waals surface area contributed by atoms with Crippen molar-refractivity contribution in [3.05, 3.63) is 34.3 Å². The summed E-state index contributed by atoms with van der Waals surface area (Å²) in [7, 11) is 1.92. The summed E-state index contributed by atoms with van der Waals surface area (Å²) < 4.78 is 20.8. The fraction of sp³-hybridized carbons (Fsp3) is 0.571. The Morgan fingerprint density at radius 2 is 2.00 bits per heavy atom. The molecule has 0 saturated carbocycles. The predicted molar refractivity (Wildman–Crippen MR) is 82.3 cm³/mol. The van der Waals surface area contributed by atoms with Crippen LogP contribution in [0.2, 0.25) is 0 Å². The Bertz CT molecular complexity index is 457. The second-order valence-electron chi connectivity index (χ2n) is 5.89. The van der Waals surface area contributed by atoms with Crippen molar-refractivity contribution in [2.45, 2.75) is 31.1 Å². The maximum absolute atomic E-state index is 12.6. The van der Waals surface area contributed by atoms with Gasteiger partial charge in [-0.2, -0.15) is 0 Å². The summed E-state index contributed by atoms with van der Waals surface area (Å²) in [5.41, 5.74) is 0.871. The highest BCUT2D eigenvalue weighted by molar-refractivity contribution is 9.10. The van der Waals surface area contributed by atoms with Crippen molar-refractivity contribution in [1.29, 1.82) is 0 Å². The number of likely N-dealkylation sites (N-methyl/N-ethyl adjacent to an activating group) is 1. The van der Waals surface area contributed by atoms with Crippen LogP contribution in [0.5, 0.6) is 0 Å². The first-order valence-corrected chi connectivity index (χ1v) is 8.17. The average molecular weight is 346 g/mol. The number of rotatable bonds is 3. The molecule has 1 atom stereocenters. The topological polar surface area (TPSA) is 35.5 Å². The minimum Gasteiger partial charge on any atom is -0.597 e. The Labute approximate surface area is 126 Å². The average Bonchev–Trinajstić information content (AvgIpc) is 2.25. The molecule has 1 heterocycles. The summed E-state index contributed by atoms with van der Waals surface area (Å²) in [5.74, 6) is 0. The molecule has 0 aromatic heterocycles. The number of hydrogen-bond acceptors (Lipinski definition) is 3. The lowest BCUT2D eigenvalue weighted by molar-refractivity contribution is -0.111. The monoisotopic (exact) mass is 345 g/mol. The van der Waals surface area contributed by atoms with Gasteiger partial charge >= 0.3 is 0 Å². The van der Waals surface area contributed by atoms with Crippen LogP contribution in [0, 0.1) is 0 Å². The second kappa shape index (κ2) is 5.37. The molecule has 0 amide bonds. The zero-order valence-corrected chi connectivity index (χ0v) is 14.2. The van der Waals surface area contributed by atoms with Gasteiger partial charge in [0.1, 0.15) is 10.3 Å². The van der Waals surface area contributed by atoms with E-state index in [1.165, 1.54) is 0 Å². The molecule has 106 valence electrons. The molecule has 2 rings (SSSR count). The summed E-state index contributed by atoms with van der Waals surface area (Å²) in [6.45, 7) is 7.15. The van der Waals surface area contributed by atoms with Gasteiger partial charge in [0.2, 0.25) is 0 Å². The normalized spacial score (nSPS) is 20.2. The van der Waals surface area contributed by atoms with Crippen molar-refractivity contribution in [1.82, 2.24) is 4.31 Å². The molecule has 3 nitrogen and oxygen atoms in total. The molecule has 1 aliphatic heterocycles. The molecule has 1 fully saturated rings. The van der Waals surface area contributed by atoms with E-state index in [1.54, 1.807) is 0 Å². The van der Waals surface area contributed by atoms with Crippen molar-refractivity contribution in [3.8, 4) is 0 Å².